The molecule has 0 amide bonds. The highest BCUT2D eigenvalue weighted by atomic mass is 16.5. The summed E-state index contributed by atoms with van der Waals surface area (Å²) in [7, 11) is 0. The van der Waals surface area contributed by atoms with Crippen LogP contribution in [0.25, 0.3) is 54.2 Å². The highest BCUT2D eigenvalue weighted by Crippen LogP contribution is 2.50. The van der Waals surface area contributed by atoms with Gasteiger partial charge in [-0.2, -0.15) is 0 Å². The lowest BCUT2D eigenvalue weighted by atomic mass is 9.85. The molecule has 0 aliphatic heterocycles. The minimum absolute atomic E-state index is 0.182. The van der Waals surface area contributed by atoms with Gasteiger partial charge in [0.15, 0.2) is 0 Å². The van der Waals surface area contributed by atoms with Crippen LogP contribution in [0.1, 0.15) is 91.9 Å². The molecule has 0 saturated carbocycles. The largest absolute Gasteiger partial charge is 0.425 e. The molecular weight excluding hydrogens is 617 g/mol. The Morgan fingerprint density at radius 3 is 1.00 bits per heavy atom. The molecule has 2 atom stereocenters. The zero-order valence-corrected chi connectivity index (χ0v) is 30.1. The Morgan fingerprint density at radius 2 is 0.740 bits per heavy atom. The maximum absolute atomic E-state index is 13.5. The van der Waals surface area contributed by atoms with E-state index in [1.165, 1.54) is 0 Å². The Kier molecular flexibility index (Phi) is 11.5. The number of unbranched alkanes of at least 4 members (excludes halogenated alkanes) is 2. The Hall–Kier alpha value is -4.70. The maximum Gasteiger partial charge on any atom is 0.311 e. The lowest BCUT2D eigenvalue weighted by molar-refractivity contribution is -0.136. The van der Waals surface area contributed by atoms with Crippen molar-refractivity contribution < 1.29 is 19.1 Å². The van der Waals surface area contributed by atoms with E-state index in [1.807, 2.05) is 48.5 Å². The fourth-order valence-corrected chi connectivity index (χ4v) is 7.60. The summed E-state index contributed by atoms with van der Waals surface area (Å²) < 4.78 is 12.7. The predicted molar refractivity (Wildman–Crippen MR) is 209 cm³/mol. The van der Waals surface area contributed by atoms with E-state index in [-0.39, 0.29) is 11.9 Å². The van der Waals surface area contributed by atoms with Gasteiger partial charge in [-0.15, -0.1) is 0 Å². The molecule has 4 nitrogen and oxygen atoms in total. The summed E-state index contributed by atoms with van der Waals surface area (Å²) in [5.74, 6) is 1.49. The van der Waals surface area contributed by atoms with Gasteiger partial charge in [0, 0.05) is 34.4 Å². The van der Waals surface area contributed by atoms with Crippen LogP contribution < -0.4 is 9.47 Å². The summed E-state index contributed by atoms with van der Waals surface area (Å²) in [5, 5.41) is 7.63. The van der Waals surface area contributed by atoms with Gasteiger partial charge in [0.25, 0.3) is 0 Å². The van der Waals surface area contributed by atoms with Crippen LogP contribution in [0, 0.1) is 11.8 Å². The molecule has 6 aromatic carbocycles. The van der Waals surface area contributed by atoms with Gasteiger partial charge < -0.3 is 9.47 Å². The summed E-state index contributed by atoms with van der Waals surface area (Å²) in [6.07, 6.45) is 9.27. The maximum atomic E-state index is 13.5. The van der Waals surface area contributed by atoms with Crippen molar-refractivity contribution in [1.82, 2.24) is 0 Å². The number of carbonyl (C=O) groups excluding carboxylic acids is 2. The third-order valence-electron chi connectivity index (χ3n) is 10.4. The third-order valence-corrected chi connectivity index (χ3v) is 10.4. The van der Waals surface area contributed by atoms with Crippen molar-refractivity contribution in [3.8, 4) is 22.6 Å². The fourth-order valence-electron chi connectivity index (χ4n) is 7.60. The van der Waals surface area contributed by atoms with Gasteiger partial charge in [0.05, 0.1) is 0 Å². The summed E-state index contributed by atoms with van der Waals surface area (Å²) in [6, 6.07) is 33.0. The van der Waals surface area contributed by atoms with E-state index < -0.39 is 0 Å². The monoisotopic (exact) mass is 666 g/mol. The molecule has 4 heteroatoms. The summed E-state index contributed by atoms with van der Waals surface area (Å²) in [4.78, 5) is 27.1. The van der Waals surface area contributed by atoms with Crippen LogP contribution >= 0.6 is 0 Å². The number of esters is 2. The lowest BCUT2D eigenvalue weighted by Gasteiger charge is -2.22. The number of fused-ring (bicyclic) bond motifs is 4. The highest BCUT2D eigenvalue weighted by molar-refractivity contribution is 6.27. The van der Waals surface area contributed by atoms with E-state index in [2.05, 4.69) is 76.2 Å². The number of benzene rings is 6. The number of hydrogen-bond acceptors (Lipinski definition) is 4. The molecule has 0 aromatic heterocycles. The minimum Gasteiger partial charge on any atom is -0.425 e. The molecule has 258 valence electrons. The second kappa shape index (κ2) is 16.3. The van der Waals surface area contributed by atoms with Crippen molar-refractivity contribution >= 4 is 55.0 Å². The van der Waals surface area contributed by atoms with Crippen LogP contribution in [0.5, 0.6) is 11.5 Å². The molecular formula is C46H50O4. The summed E-state index contributed by atoms with van der Waals surface area (Å²) in [5.41, 5.74) is 2.14. The molecule has 0 radical (unpaired) electrons. The molecule has 0 bridgehead atoms. The van der Waals surface area contributed by atoms with Crippen molar-refractivity contribution in [3.05, 3.63) is 97.1 Å². The van der Waals surface area contributed by atoms with E-state index in [9.17, 15) is 9.59 Å². The van der Waals surface area contributed by atoms with Crippen molar-refractivity contribution in [2.75, 3.05) is 0 Å². The van der Waals surface area contributed by atoms with E-state index >= 15 is 0 Å². The van der Waals surface area contributed by atoms with Gasteiger partial charge >= 0.3 is 11.9 Å². The van der Waals surface area contributed by atoms with Crippen LogP contribution in [0.15, 0.2) is 97.1 Å². The fraction of sp³-hybridized carbons (Fsp3) is 0.348. The standard InChI is InChI=1S/C46H50O4/c1-5-9-19-31(7-3)29-41(47)49-45-37-25-15-11-21-33(37)43(34-22-12-16-26-38(34)45)44-35-23-13-17-27-39(35)46(40-28-18-14-24-36(40)44)50-42(48)30-32(8-4)20-10-6-2/h11-18,21-28,31-32H,5-10,19-20,29-30H2,1-4H3. The second-order valence-electron chi connectivity index (χ2n) is 13.8. The van der Waals surface area contributed by atoms with Gasteiger partial charge in [-0.1, -0.05) is 163 Å². The number of rotatable bonds is 15. The molecule has 0 heterocycles. The normalized spacial score (nSPS) is 12.8. The average Bonchev–Trinajstić information content (AvgIpc) is 3.15. The zero-order chi connectivity index (χ0) is 35.0. The predicted octanol–water partition coefficient (Wildman–Crippen LogP) is 13.0. The van der Waals surface area contributed by atoms with E-state index in [1.54, 1.807) is 0 Å². The molecule has 6 rings (SSSR count). The molecule has 0 spiro atoms. The quantitative estimate of drug-likeness (QED) is 0.0622. The Labute approximate surface area is 296 Å². The first-order valence-corrected chi connectivity index (χ1v) is 18.8. The zero-order valence-electron chi connectivity index (χ0n) is 30.1. The molecule has 0 saturated heterocycles. The van der Waals surface area contributed by atoms with Gasteiger partial charge in [0.2, 0.25) is 0 Å². The molecule has 2 unspecified atom stereocenters. The van der Waals surface area contributed by atoms with Crippen LogP contribution in [0.3, 0.4) is 0 Å². The Bertz CT molecular complexity index is 1860. The highest BCUT2D eigenvalue weighted by Gasteiger charge is 2.25. The topological polar surface area (TPSA) is 52.6 Å². The minimum atomic E-state index is -0.182. The third kappa shape index (κ3) is 7.26. The Balaban J connectivity index is 1.54. The van der Waals surface area contributed by atoms with Crippen molar-refractivity contribution in [2.24, 2.45) is 11.8 Å². The van der Waals surface area contributed by atoms with Gasteiger partial charge in [-0.25, -0.2) is 0 Å². The molecule has 0 N–H and O–H groups in total. The summed E-state index contributed by atoms with van der Waals surface area (Å²) >= 11 is 0. The van der Waals surface area contributed by atoms with E-state index in [4.69, 9.17) is 9.47 Å². The summed E-state index contributed by atoms with van der Waals surface area (Å²) in [6.45, 7) is 8.69. The molecule has 0 fully saturated rings. The molecule has 6 aromatic rings. The van der Waals surface area contributed by atoms with Crippen LogP contribution in [0.4, 0.5) is 0 Å². The van der Waals surface area contributed by atoms with Gasteiger partial charge in [-0.05, 0) is 57.3 Å². The number of hydrogen-bond donors (Lipinski definition) is 0. The number of carbonyl (C=O) groups is 2. The smallest absolute Gasteiger partial charge is 0.311 e. The van der Waals surface area contributed by atoms with Crippen LogP contribution in [-0.2, 0) is 9.59 Å². The SMILES string of the molecule is CCCCC(CC)CC(=O)Oc1c2ccccc2c(-c2c3ccccc3c(OC(=O)CC(CC)CCCC)c3ccccc23)c2ccccc12. The van der Waals surface area contributed by atoms with Crippen molar-refractivity contribution in [2.45, 2.75) is 91.9 Å². The van der Waals surface area contributed by atoms with E-state index in [0.717, 1.165) is 106 Å². The molecule has 0 aliphatic rings. The molecule has 0 aliphatic carbocycles. The van der Waals surface area contributed by atoms with Crippen LogP contribution in [0.2, 0.25) is 0 Å². The molecule has 50 heavy (non-hydrogen) atoms. The average molecular weight is 667 g/mol. The van der Waals surface area contributed by atoms with E-state index in [0.29, 0.717) is 36.2 Å². The first-order chi connectivity index (χ1) is 24.5. The Morgan fingerprint density at radius 1 is 0.460 bits per heavy atom. The lowest BCUT2D eigenvalue weighted by Crippen LogP contribution is -2.14. The van der Waals surface area contributed by atoms with Crippen molar-refractivity contribution in [3.63, 3.8) is 0 Å². The van der Waals surface area contributed by atoms with Crippen LogP contribution in [-0.4, -0.2) is 11.9 Å². The van der Waals surface area contributed by atoms with Gasteiger partial charge in [0.1, 0.15) is 11.5 Å². The van der Waals surface area contributed by atoms with Gasteiger partial charge in [-0.3, -0.25) is 9.59 Å². The first-order valence-electron chi connectivity index (χ1n) is 18.8. The number of ether oxygens (including phenoxy) is 2. The second-order valence-corrected chi connectivity index (χ2v) is 13.8. The van der Waals surface area contributed by atoms with Crippen molar-refractivity contribution in [1.29, 1.82) is 0 Å². The first kappa shape index (κ1) is 35.1.